The Morgan fingerprint density at radius 2 is 1.57 bits per heavy atom. The lowest BCUT2D eigenvalue weighted by Gasteiger charge is -2.28. The van der Waals surface area contributed by atoms with Crippen molar-refractivity contribution in [2.24, 2.45) is 17.8 Å². The van der Waals surface area contributed by atoms with Gasteiger partial charge in [0, 0.05) is 50.5 Å². The lowest BCUT2D eigenvalue weighted by Crippen LogP contribution is -2.32. The predicted octanol–water partition coefficient (Wildman–Crippen LogP) is 5.13. The molecule has 5 nitrogen and oxygen atoms in total. The maximum atomic E-state index is 14.1. The molecule has 3 heterocycles. The molecule has 3 atom stereocenters. The van der Waals surface area contributed by atoms with Crippen LogP contribution in [0.5, 0.6) is 0 Å². The molecule has 1 aromatic heterocycles. The topological polar surface area (TPSA) is 50.3 Å². The van der Waals surface area contributed by atoms with Gasteiger partial charge in [0.15, 0.2) is 17.5 Å². The molecular weight excluding hydrogens is 474 g/mol. The zero-order valence-corrected chi connectivity index (χ0v) is 18.9. The fourth-order valence-corrected chi connectivity index (χ4v) is 5.72. The number of benzene rings is 1. The number of anilines is 1. The van der Waals surface area contributed by atoms with Crippen molar-refractivity contribution >= 4 is 5.82 Å². The average molecular weight is 500 g/mol. The summed E-state index contributed by atoms with van der Waals surface area (Å²) in [5, 5.41) is 10.3. The number of aromatic nitrogens is 2. The van der Waals surface area contributed by atoms with E-state index in [4.69, 9.17) is 4.74 Å². The Morgan fingerprint density at radius 3 is 2.23 bits per heavy atom. The predicted molar refractivity (Wildman–Crippen MR) is 116 cm³/mol. The monoisotopic (exact) mass is 500 g/mol. The van der Waals surface area contributed by atoms with Gasteiger partial charge in [-0.05, 0) is 55.6 Å². The minimum Gasteiger partial charge on any atom is -0.381 e. The van der Waals surface area contributed by atoms with Gasteiger partial charge in [0.05, 0.1) is 5.69 Å². The number of ether oxygens (including phenoxy) is 1. The maximum Gasteiger partial charge on any atom is 0.420 e. The number of hydrogen-bond donors (Lipinski definition) is 1. The summed E-state index contributed by atoms with van der Waals surface area (Å²) in [6, 6.07) is 1.19. The third-order valence-corrected chi connectivity index (χ3v) is 7.41. The fourth-order valence-electron chi connectivity index (χ4n) is 5.72. The van der Waals surface area contributed by atoms with E-state index in [0.29, 0.717) is 29.9 Å². The van der Waals surface area contributed by atoms with Crippen molar-refractivity contribution < 1.29 is 31.1 Å². The minimum atomic E-state index is -4.79. The number of rotatable bonds is 5. The number of nitrogens with zero attached hydrogens (tertiary/aromatic N) is 3. The average Bonchev–Trinajstić information content (AvgIpc) is 3.34. The van der Waals surface area contributed by atoms with Crippen LogP contribution in [-0.2, 0) is 10.9 Å². The highest BCUT2D eigenvalue weighted by Gasteiger charge is 2.43. The highest BCUT2D eigenvalue weighted by atomic mass is 19.4. The SMILES string of the molecule is Fc1cc(F)c(-c2cc(C(F)(F)F)c(NC3C[C@@H]4CN(CC5CCOCC5)C[C@@H]4C3)nn2)cc1F. The van der Waals surface area contributed by atoms with Gasteiger partial charge in [0.25, 0.3) is 0 Å². The van der Waals surface area contributed by atoms with Crippen molar-refractivity contribution in [2.75, 3.05) is 38.2 Å². The number of likely N-dealkylation sites (tertiary alicyclic amines) is 1. The van der Waals surface area contributed by atoms with E-state index in [1.54, 1.807) is 0 Å². The second-order valence-electron chi connectivity index (χ2n) is 9.84. The summed E-state index contributed by atoms with van der Waals surface area (Å²) in [7, 11) is 0. The molecule has 2 aromatic rings. The molecular formula is C24H26F6N4O. The first-order chi connectivity index (χ1) is 16.7. The van der Waals surface area contributed by atoms with E-state index in [0.717, 1.165) is 58.5 Å². The Kier molecular flexibility index (Phi) is 6.65. The third-order valence-electron chi connectivity index (χ3n) is 7.41. The van der Waals surface area contributed by atoms with Gasteiger partial charge in [-0.1, -0.05) is 0 Å². The summed E-state index contributed by atoms with van der Waals surface area (Å²) in [4.78, 5) is 2.47. The Labute approximate surface area is 198 Å². The van der Waals surface area contributed by atoms with Crippen LogP contribution >= 0.6 is 0 Å². The molecule has 1 N–H and O–H groups in total. The summed E-state index contributed by atoms with van der Waals surface area (Å²) in [6.45, 7) is 4.53. The zero-order chi connectivity index (χ0) is 24.7. The van der Waals surface area contributed by atoms with Crippen molar-refractivity contribution in [3.63, 3.8) is 0 Å². The molecule has 1 aromatic carbocycles. The maximum absolute atomic E-state index is 14.1. The van der Waals surface area contributed by atoms with Gasteiger partial charge >= 0.3 is 6.18 Å². The highest BCUT2D eigenvalue weighted by molar-refractivity contribution is 5.63. The van der Waals surface area contributed by atoms with E-state index in [-0.39, 0.29) is 12.1 Å². The molecule has 11 heteroatoms. The zero-order valence-electron chi connectivity index (χ0n) is 18.9. The van der Waals surface area contributed by atoms with Gasteiger partial charge in [-0.3, -0.25) is 0 Å². The van der Waals surface area contributed by atoms with E-state index in [2.05, 4.69) is 20.4 Å². The quantitative estimate of drug-likeness (QED) is 0.456. The van der Waals surface area contributed by atoms with E-state index in [1.165, 1.54) is 0 Å². The number of alkyl halides is 3. The molecule has 2 saturated heterocycles. The normalized spacial score (nSPS) is 25.7. The molecule has 5 rings (SSSR count). The number of nitrogens with one attached hydrogen (secondary N) is 1. The van der Waals surface area contributed by atoms with Gasteiger partial charge in [-0.15, -0.1) is 10.2 Å². The molecule has 190 valence electrons. The Hall–Kier alpha value is -2.40. The van der Waals surface area contributed by atoms with E-state index < -0.39 is 46.3 Å². The molecule has 0 amide bonds. The first-order valence-electron chi connectivity index (χ1n) is 11.8. The summed E-state index contributed by atoms with van der Waals surface area (Å²) >= 11 is 0. The molecule has 3 fully saturated rings. The standard InChI is InChI=1S/C24H26F6N4O/c25-19-9-21(27)20(26)7-17(19)22-8-18(24(28,29)30)23(33-32-22)31-16-5-14-11-34(12-15(14)6-16)10-13-1-3-35-4-2-13/h7-9,13-16H,1-6,10-12H2,(H,31,33)/t14-,15+,16?. The van der Waals surface area contributed by atoms with Crippen LogP contribution in [0, 0.1) is 35.2 Å². The third kappa shape index (κ3) is 5.25. The van der Waals surface area contributed by atoms with Crippen molar-refractivity contribution in [3.05, 3.63) is 41.2 Å². The van der Waals surface area contributed by atoms with Gasteiger partial charge in [-0.25, -0.2) is 13.2 Å². The van der Waals surface area contributed by atoms with Gasteiger partial charge in [0.1, 0.15) is 11.4 Å². The molecule has 0 bridgehead atoms. The smallest absolute Gasteiger partial charge is 0.381 e. The molecule has 1 saturated carbocycles. The number of halogens is 6. The summed E-state index contributed by atoms with van der Waals surface area (Å²) < 4.78 is 87.8. The van der Waals surface area contributed by atoms with Crippen LogP contribution < -0.4 is 5.32 Å². The first kappa shape index (κ1) is 24.3. The first-order valence-corrected chi connectivity index (χ1v) is 11.8. The lowest BCUT2D eigenvalue weighted by atomic mass is 10.00. The highest BCUT2D eigenvalue weighted by Crippen LogP contribution is 2.42. The molecule has 0 radical (unpaired) electrons. The number of fused-ring (bicyclic) bond motifs is 1. The van der Waals surface area contributed by atoms with Crippen LogP contribution in [0.4, 0.5) is 32.2 Å². The molecule has 3 aliphatic rings. The number of hydrogen-bond acceptors (Lipinski definition) is 5. The van der Waals surface area contributed by atoms with E-state index in [1.807, 2.05) is 0 Å². The summed E-state index contributed by atoms with van der Waals surface area (Å²) in [6.07, 6.45) is -1.20. The summed E-state index contributed by atoms with van der Waals surface area (Å²) in [5.41, 5.74) is -2.23. The van der Waals surface area contributed by atoms with Gasteiger partial charge < -0.3 is 15.0 Å². The van der Waals surface area contributed by atoms with E-state index >= 15 is 0 Å². The molecule has 35 heavy (non-hydrogen) atoms. The largest absolute Gasteiger partial charge is 0.420 e. The van der Waals surface area contributed by atoms with Gasteiger partial charge in [-0.2, -0.15) is 13.2 Å². The van der Waals surface area contributed by atoms with Crippen LogP contribution in [0.15, 0.2) is 18.2 Å². The molecule has 1 aliphatic carbocycles. The lowest BCUT2D eigenvalue weighted by molar-refractivity contribution is -0.137. The van der Waals surface area contributed by atoms with Crippen LogP contribution in [0.2, 0.25) is 0 Å². The van der Waals surface area contributed by atoms with Crippen LogP contribution in [0.25, 0.3) is 11.3 Å². The Balaban J connectivity index is 1.27. The minimum absolute atomic E-state index is 0.184. The second kappa shape index (κ2) is 9.57. The molecule has 2 aliphatic heterocycles. The van der Waals surface area contributed by atoms with Gasteiger partial charge in [0.2, 0.25) is 0 Å². The van der Waals surface area contributed by atoms with Crippen LogP contribution in [-0.4, -0.2) is 54.0 Å². The van der Waals surface area contributed by atoms with Crippen molar-refractivity contribution in [1.29, 1.82) is 0 Å². The Morgan fingerprint density at radius 1 is 0.914 bits per heavy atom. The second-order valence-corrected chi connectivity index (χ2v) is 9.84. The summed E-state index contributed by atoms with van der Waals surface area (Å²) in [5.74, 6) is -3.03. The van der Waals surface area contributed by atoms with Crippen molar-refractivity contribution in [2.45, 2.75) is 37.9 Å². The molecule has 0 spiro atoms. The Bertz CT molecular complexity index is 1060. The van der Waals surface area contributed by atoms with E-state index in [9.17, 15) is 26.3 Å². The molecule has 1 unspecified atom stereocenters. The van der Waals surface area contributed by atoms with Crippen LogP contribution in [0.3, 0.4) is 0 Å². The fraction of sp³-hybridized carbons (Fsp3) is 0.583. The van der Waals surface area contributed by atoms with Crippen LogP contribution in [0.1, 0.15) is 31.2 Å². The van der Waals surface area contributed by atoms with Crippen molar-refractivity contribution in [1.82, 2.24) is 15.1 Å². The van der Waals surface area contributed by atoms with Crippen molar-refractivity contribution in [3.8, 4) is 11.3 Å².